The molecule has 1 aromatic rings. The molecule has 0 fully saturated rings. The Morgan fingerprint density at radius 3 is 2.63 bits per heavy atom. The van der Waals surface area contributed by atoms with Gasteiger partial charge in [-0.25, -0.2) is 18.4 Å². The molecule has 1 rings (SSSR count). The van der Waals surface area contributed by atoms with Crippen LogP contribution in [0.3, 0.4) is 0 Å². The number of nitrogens with two attached hydrogens (primary N) is 1. The second-order valence-corrected chi connectivity index (χ2v) is 6.08. The molecule has 8 heteroatoms. The van der Waals surface area contributed by atoms with Crippen molar-refractivity contribution in [2.24, 2.45) is 5.14 Å². The lowest BCUT2D eigenvalue weighted by Crippen LogP contribution is -2.14. The van der Waals surface area contributed by atoms with Crippen LogP contribution in [0.15, 0.2) is 27.6 Å². The summed E-state index contributed by atoms with van der Waals surface area (Å²) < 4.78 is 32.7. The van der Waals surface area contributed by atoms with Gasteiger partial charge < -0.3 is 9.47 Å². The lowest BCUT2D eigenvalue weighted by molar-refractivity contribution is 0.0467. The van der Waals surface area contributed by atoms with Crippen molar-refractivity contribution in [3.63, 3.8) is 0 Å². The average Bonchev–Trinajstić information content (AvgIpc) is 2.33. The zero-order valence-corrected chi connectivity index (χ0v) is 12.7. The van der Waals surface area contributed by atoms with Gasteiger partial charge in [0.25, 0.3) is 0 Å². The number of hydrogen-bond donors (Lipinski definition) is 1. The van der Waals surface area contributed by atoms with Crippen LogP contribution in [0.5, 0.6) is 0 Å². The van der Waals surface area contributed by atoms with Crippen molar-refractivity contribution in [2.45, 2.75) is 11.3 Å². The number of carbonyl (C=O) groups excluding carboxylic acids is 1. The summed E-state index contributed by atoms with van der Waals surface area (Å²) in [7, 11) is -2.30. The third-order valence-electron chi connectivity index (χ3n) is 2.21. The molecule has 0 amide bonds. The highest BCUT2D eigenvalue weighted by Gasteiger charge is 2.16. The first-order valence-corrected chi connectivity index (χ1v) is 7.68. The SMILES string of the molecule is COCCCOC(=O)c1cc(S(N)(=O)=O)ccc1Br. The number of halogens is 1. The number of hydrogen-bond acceptors (Lipinski definition) is 5. The molecule has 0 aromatic heterocycles. The van der Waals surface area contributed by atoms with E-state index in [4.69, 9.17) is 14.6 Å². The van der Waals surface area contributed by atoms with Gasteiger partial charge in [0.2, 0.25) is 10.0 Å². The Balaban J connectivity index is 2.84. The highest BCUT2D eigenvalue weighted by atomic mass is 79.9. The highest BCUT2D eigenvalue weighted by Crippen LogP contribution is 2.21. The summed E-state index contributed by atoms with van der Waals surface area (Å²) in [6, 6.07) is 3.92. The minimum atomic E-state index is -3.85. The lowest BCUT2D eigenvalue weighted by Gasteiger charge is -2.07. The van der Waals surface area contributed by atoms with Gasteiger partial charge in [0.15, 0.2) is 0 Å². The zero-order valence-electron chi connectivity index (χ0n) is 10.3. The molecule has 0 bridgehead atoms. The molecular weight excluding hydrogens is 338 g/mol. The molecule has 0 saturated carbocycles. The summed E-state index contributed by atoms with van der Waals surface area (Å²) in [4.78, 5) is 11.6. The van der Waals surface area contributed by atoms with Crippen LogP contribution in [0.25, 0.3) is 0 Å². The van der Waals surface area contributed by atoms with Crippen LogP contribution in [-0.4, -0.2) is 34.7 Å². The van der Waals surface area contributed by atoms with Crippen LogP contribution >= 0.6 is 15.9 Å². The van der Waals surface area contributed by atoms with Crippen LogP contribution in [0, 0.1) is 0 Å². The van der Waals surface area contributed by atoms with Crippen LogP contribution in [0.4, 0.5) is 0 Å². The second kappa shape index (κ2) is 6.99. The largest absolute Gasteiger partial charge is 0.462 e. The number of carbonyl (C=O) groups is 1. The quantitative estimate of drug-likeness (QED) is 0.615. The number of methoxy groups -OCH3 is 1. The molecule has 0 atom stereocenters. The highest BCUT2D eigenvalue weighted by molar-refractivity contribution is 9.10. The molecule has 0 spiro atoms. The maximum atomic E-state index is 11.8. The molecule has 0 unspecified atom stereocenters. The predicted molar refractivity (Wildman–Crippen MR) is 72.3 cm³/mol. The first-order chi connectivity index (χ1) is 8.86. The molecule has 6 nitrogen and oxygen atoms in total. The monoisotopic (exact) mass is 351 g/mol. The maximum absolute atomic E-state index is 11.8. The number of sulfonamides is 1. The smallest absolute Gasteiger partial charge is 0.339 e. The van der Waals surface area contributed by atoms with Crippen molar-refractivity contribution in [3.8, 4) is 0 Å². The minimum absolute atomic E-state index is 0.115. The summed E-state index contributed by atoms with van der Waals surface area (Å²) in [5, 5.41) is 5.00. The van der Waals surface area contributed by atoms with Crippen molar-refractivity contribution in [2.75, 3.05) is 20.3 Å². The zero-order chi connectivity index (χ0) is 14.5. The van der Waals surface area contributed by atoms with Gasteiger partial charge in [0, 0.05) is 24.6 Å². The van der Waals surface area contributed by atoms with Crippen molar-refractivity contribution in [3.05, 3.63) is 28.2 Å². The molecule has 2 N–H and O–H groups in total. The Bertz CT molecular complexity index is 558. The normalized spacial score (nSPS) is 11.3. The topological polar surface area (TPSA) is 95.7 Å². The van der Waals surface area contributed by atoms with Gasteiger partial charge >= 0.3 is 5.97 Å². The molecule has 0 aliphatic carbocycles. The molecule has 0 aliphatic rings. The van der Waals surface area contributed by atoms with Gasteiger partial charge in [-0.15, -0.1) is 0 Å². The van der Waals surface area contributed by atoms with Gasteiger partial charge in [-0.3, -0.25) is 0 Å². The van der Waals surface area contributed by atoms with Crippen molar-refractivity contribution >= 4 is 31.9 Å². The second-order valence-electron chi connectivity index (χ2n) is 3.67. The molecule has 106 valence electrons. The Morgan fingerprint density at radius 1 is 1.37 bits per heavy atom. The van der Waals surface area contributed by atoms with E-state index in [0.29, 0.717) is 17.5 Å². The third-order valence-corrected chi connectivity index (χ3v) is 3.81. The molecule has 19 heavy (non-hydrogen) atoms. The van der Waals surface area contributed by atoms with E-state index in [1.54, 1.807) is 7.11 Å². The molecular formula is C11H14BrNO5S. The summed E-state index contributed by atoms with van der Waals surface area (Å²) in [5.74, 6) is -0.617. The summed E-state index contributed by atoms with van der Waals surface area (Å²) >= 11 is 3.16. The van der Waals surface area contributed by atoms with Gasteiger partial charge in [0.1, 0.15) is 0 Å². The van der Waals surface area contributed by atoms with Crippen molar-refractivity contribution < 1.29 is 22.7 Å². The lowest BCUT2D eigenvalue weighted by atomic mass is 10.2. The maximum Gasteiger partial charge on any atom is 0.339 e. The number of rotatable bonds is 6. The first-order valence-electron chi connectivity index (χ1n) is 5.34. The number of benzene rings is 1. The number of ether oxygens (including phenoxy) is 2. The van der Waals surface area contributed by atoms with E-state index < -0.39 is 16.0 Å². The van der Waals surface area contributed by atoms with Gasteiger partial charge in [-0.05, 0) is 34.1 Å². The fraction of sp³-hybridized carbons (Fsp3) is 0.364. The van der Waals surface area contributed by atoms with E-state index in [-0.39, 0.29) is 17.1 Å². The van der Waals surface area contributed by atoms with Crippen LogP contribution < -0.4 is 5.14 Å². The summed E-state index contributed by atoms with van der Waals surface area (Å²) in [6.07, 6.45) is 0.564. The van der Waals surface area contributed by atoms with Crippen molar-refractivity contribution in [1.82, 2.24) is 0 Å². The van der Waals surface area contributed by atoms with E-state index in [2.05, 4.69) is 15.9 Å². The van der Waals surface area contributed by atoms with Gasteiger partial charge in [0.05, 0.1) is 17.1 Å². The van der Waals surface area contributed by atoms with Crippen LogP contribution in [0.1, 0.15) is 16.8 Å². The van der Waals surface area contributed by atoms with E-state index in [0.717, 1.165) is 0 Å². The van der Waals surface area contributed by atoms with Crippen LogP contribution in [0.2, 0.25) is 0 Å². The fourth-order valence-corrected chi connectivity index (χ4v) is 2.23. The van der Waals surface area contributed by atoms with E-state index >= 15 is 0 Å². The van der Waals surface area contributed by atoms with Crippen LogP contribution in [-0.2, 0) is 19.5 Å². The Kier molecular flexibility index (Phi) is 5.92. The molecule has 0 aliphatic heterocycles. The van der Waals surface area contributed by atoms with Gasteiger partial charge in [-0.1, -0.05) is 0 Å². The van der Waals surface area contributed by atoms with E-state index in [9.17, 15) is 13.2 Å². The van der Waals surface area contributed by atoms with E-state index in [1.165, 1.54) is 18.2 Å². The van der Waals surface area contributed by atoms with E-state index in [1.807, 2.05) is 0 Å². The Morgan fingerprint density at radius 2 is 2.05 bits per heavy atom. The standard InChI is InChI=1S/C11H14BrNO5S/c1-17-5-2-6-18-11(14)9-7-8(19(13,15)16)3-4-10(9)12/h3-4,7H,2,5-6H2,1H3,(H2,13,15,16). The minimum Gasteiger partial charge on any atom is -0.462 e. The Hall–Kier alpha value is -0.960. The summed E-state index contributed by atoms with van der Waals surface area (Å²) in [6.45, 7) is 0.671. The Labute approximate surface area is 120 Å². The number of esters is 1. The van der Waals surface area contributed by atoms with Crippen molar-refractivity contribution in [1.29, 1.82) is 0 Å². The summed E-state index contributed by atoms with van der Waals surface area (Å²) in [5.41, 5.74) is 0.115. The van der Waals surface area contributed by atoms with Gasteiger partial charge in [-0.2, -0.15) is 0 Å². The molecule has 0 radical (unpaired) electrons. The predicted octanol–water partition coefficient (Wildman–Crippen LogP) is 1.29. The first kappa shape index (κ1) is 16.1. The average molecular weight is 352 g/mol. The molecule has 0 heterocycles. The molecule has 0 saturated heterocycles. The third kappa shape index (κ3) is 4.90. The number of primary sulfonamides is 1. The molecule has 1 aromatic carbocycles. The fourth-order valence-electron chi connectivity index (χ4n) is 1.28.